The van der Waals surface area contributed by atoms with Crippen molar-refractivity contribution in [1.29, 1.82) is 0 Å². The van der Waals surface area contributed by atoms with Crippen LogP contribution in [0.5, 0.6) is 11.5 Å². The average molecular weight is 503 g/mol. The number of ether oxygens (including phenoxy) is 2. The summed E-state index contributed by atoms with van der Waals surface area (Å²) in [7, 11) is 5.06. The highest BCUT2D eigenvalue weighted by atomic mass is 32.2. The van der Waals surface area contributed by atoms with Crippen molar-refractivity contribution in [2.45, 2.75) is 18.5 Å². The molecule has 3 aromatic carbocycles. The summed E-state index contributed by atoms with van der Waals surface area (Å²) in [5.74, 6) is 2.42. The summed E-state index contributed by atoms with van der Waals surface area (Å²) in [5, 5.41) is 9.61. The Bertz CT molecular complexity index is 1320. The maximum atomic E-state index is 13.0. The Morgan fingerprint density at radius 3 is 2.39 bits per heavy atom. The smallest absolute Gasteiger partial charge is 0.232 e. The van der Waals surface area contributed by atoms with Crippen LogP contribution in [0.4, 0.5) is 0 Å². The molecule has 0 aliphatic rings. The van der Waals surface area contributed by atoms with Crippen molar-refractivity contribution in [3.8, 4) is 28.6 Å². The number of benzene rings is 3. The number of thioether (sulfide) groups is 1. The second-order valence-electron chi connectivity index (χ2n) is 8.34. The third-order valence-electron chi connectivity index (χ3n) is 5.96. The van der Waals surface area contributed by atoms with E-state index in [1.54, 1.807) is 19.1 Å². The molecule has 0 radical (unpaired) electrons. The van der Waals surface area contributed by atoms with Crippen LogP contribution in [0.15, 0.2) is 78.0 Å². The summed E-state index contributed by atoms with van der Waals surface area (Å²) in [6.45, 7) is 2.65. The molecular formula is C28H30N4O3S. The molecule has 0 N–H and O–H groups in total. The van der Waals surface area contributed by atoms with Gasteiger partial charge in [0.05, 0.1) is 25.7 Å². The first-order valence-electron chi connectivity index (χ1n) is 11.7. The predicted octanol–water partition coefficient (Wildman–Crippen LogP) is 5.05. The fourth-order valence-corrected chi connectivity index (χ4v) is 4.75. The van der Waals surface area contributed by atoms with Gasteiger partial charge < -0.3 is 14.4 Å². The standard InChI is InChI=1S/C28H30N4O3S/c1-20-10-8-9-13-23(20)32-27(22-11-6-5-7-12-22)29-30-28(32)36-19-26(33)31(2)17-16-21-14-15-24(34-3)25(18-21)35-4/h5-15,18H,16-17,19H2,1-4H3. The molecule has 1 amide bonds. The Morgan fingerprint density at radius 1 is 0.944 bits per heavy atom. The summed E-state index contributed by atoms with van der Waals surface area (Å²) < 4.78 is 12.7. The molecule has 0 atom stereocenters. The minimum atomic E-state index is 0.0288. The number of rotatable bonds is 10. The molecule has 8 heteroatoms. The van der Waals surface area contributed by atoms with Crippen molar-refractivity contribution in [3.05, 3.63) is 83.9 Å². The average Bonchev–Trinajstić information content (AvgIpc) is 3.34. The number of amides is 1. The topological polar surface area (TPSA) is 69.5 Å². The van der Waals surface area contributed by atoms with Crippen LogP contribution in [0, 0.1) is 6.92 Å². The molecule has 36 heavy (non-hydrogen) atoms. The van der Waals surface area contributed by atoms with Gasteiger partial charge in [-0.25, -0.2) is 0 Å². The molecule has 4 aromatic rings. The second kappa shape index (κ2) is 11.8. The number of hydrogen-bond acceptors (Lipinski definition) is 6. The molecule has 4 rings (SSSR count). The van der Waals surface area contributed by atoms with Gasteiger partial charge in [0.15, 0.2) is 22.5 Å². The lowest BCUT2D eigenvalue weighted by Gasteiger charge is -2.18. The van der Waals surface area contributed by atoms with Crippen LogP contribution in [0.3, 0.4) is 0 Å². The highest BCUT2D eigenvalue weighted by Gasteiger charge is 2.19. The monoisotopic (exact) mass is 502 g/mol. The molecule has 0 aliphatic heterocycles. The molecule has 1 aromatic heterocycles. The van der Waals surface area contributed by atoms with Crippen LogP contribution >= 0.6 is 11.8 Å². The van der Waals surface area contributed by atoms with E-state index in [1.165, 1.54) is 11.8 Å². The first-order chi connectivity index (χ1) is 17.5. The summed E-state index contributed by atoms with van der Waals surface area (Å²) in [5.41, 5.74) is 4.15. The molecule has 1 heterocycles. The number of aryl methyl sites for hydroxylation is 1. The third kappa shape index (κ3) is 5.71. The summed E-state index contributed by atoms with van der Waals surface area (Å²) in [6.07, 6.45) is 0.713. The van der Waals surface area contributed by atoms with Crippen molar-refractivity contribution in [2.75, 3.05) is 33.6 Å². The van der Waals surface area contributed by atoms with Gasteiger partial charge in [-0.3, -0.25) is 9.36 Å². The van der Waals surface area contributed by atoms with E-state index in [-0.39, 0.29) is 11.7 Å². The van der Waals surface area contributed by atoms with Gasteiger partial charge in [0, 0.05) is 19.2 Å². The van der Waals surface area contributed by atoms with E-state index in [1.807, 2.05) is 78.3 Å². The van der Waals surface area contributed by atoms with E-state index in [4.69, 9.17) is 9.47 Å². The van der Waals surface area contributed by atoms with Crippen molar-refractivity contribution in [1.82, 2.24) is 19.7 Å². The van der Waals surface area contributed by atoms with E-state index in [0.29, 0.717) is 29.6 Å². The van der Waals surface area contributed by atoms with Crippen molar-refractivity contribution in [2.24, 2.45) is 0 Å². The number of hydrogen-bond donors (Lipinski definition) is 0. The zero-order chi connectivity index (χ0) is 25.5. The molecule has 186 valence electrons. The number of nitrogens with zero attached hydrogens (tertiary/aromatic N) is 4. The Kier molecular flexibility index (Phi) is 8.28. The number of aromatic nitrogens is 3. The van der Waals surface area contributed by atoms with Gasteiger partial charge in [-0.2, -0.15) is 0 Å². The highest BCUT2D eigenvalue weighted by molar-refractivity contribution is 7.99. The molecule has 0 saturated carbocycles. The van der Waals surface area contributed by atoms with Gasteiger partial charge in [-0.05, 0) is 42.7 Å². The molecule has 0 fully saturated rings. The normalized spacial score (nSPS) is 10.8. The number of para-hydroxylation sites is 1. The first-order valence-corrected chi connectivity index (χ1v) is 12.6. The van der Waals surface area contributed by atoms with E-state index in [9.17, 15) is 4.79 Å². The van der Waals surface area contributed by atoms with Gasteiger partial charge in [-0.15, -0.1) is 10.2 Å². The maximum Gasteiger partial charge on any atom is 0.232 e. The van der Waals surface area contributed by atoms with E-state index in [2.05, 4.69) is 23.2 Å². The SMILES string of the molecule is COc1ccc(CCN(C)C(=O)CSc2nnc(-c3ccccc3)n2-c2ccccc2C)cc1OC. The highest BCUT2D eigenvalue weighted by Crippen LogP contribution is 2.30. The number of carbonyl (C=O) groups is 1. The zero-order valence-electron chi connectivity index (χ0n) is 21.0. The Labute approximate surface area is 216 Å². The predicted molar refractivity (Wildman–Crippen MR) is 143 cm³/mol. The first kappa shape index (κ1) is 25.3. The van der Waals surface area contributed by atoms with Gasteiger partial charge in [0.2, 0.25) is 5.91 Å². The molecule has 0 saturated heterocycles. The molecular weight excluding hydrogens is 472 g/mol. The summed E-state index contributed by atoms with van der Waals surface area (Å²) >= 11 is 1.40. The maximum absolute atomic E-state index is 13.0. The molecule has 0 spiro atoms. The quantitative estimate of drug-likeness (QED) is 0.283. The lowest BCUT2D eigenvalue weighted by molar-refractivity contribution is -0.127. The van der Waals surface area contributed by atoms with Crippen LogP contribution < -0.4 is 9.47 Å². The molecule has 7 nitrogen and oxygen atoms in total. The zero-order valence-corrected chi connectivity index (χ0v) is 21.8. The number of methoxy groups -OCH3 is 2. The Morgan fingerprint density at radius 2 is 1.67 bits per heavy atom. The fourth-order valence-electron chi connectivity index (χ4n) is 3.86. The fraction of sp³-hybridized carbons (Fsp3) is 0.250. The largest absolute Gasteiger partial charge is 0.493 e. The molecule has 0 bridgehead atoms. The Balaban J connectivity index is 1.47. The van der Waals surface area contributed by atoms with E-state index >= 15 is 0 Å². The van der Waals surface area contributed by atoms with Crippen LogP contribution in [0.25, 0.3) is 17.1 Å². The lowest BCUT2D eigenvalue weighted by Crippen LogP contribution is -2.30. The van der Waals surface area contributed by atoms with Crippen molar-refractivity contribution >= 4 is 17.7 Å². The number of carbonyl (C=O) groups excluding carboxylic acids is 1. The van der Waals surface area contributed by atoms with Crippen molar-refractivity contribution < 1.29 is 14.3 Å². The second-order valence-corrected chi connectivity index (χ2v) is 9.28. The third-order valence-corrected chi connectivity index (χ3v) is 6.87. The number of likely N-dealkylation sites (N-methyl/N-ethyl adjacent to an activating group) is 1. The van der Waals surface area contributed by atoms with Crippen LogP contribution in [0.2, 0.25) is 0 Å². The van der Waals surface area contributed by atoms with Crippen LogP contribution in [-0.2, 0) is 11.2 Å². The van der Waals surface area contributed by atoms with Crippen molar-refractivity contribution in [3.63, 3.8) is 0 Å². The summed E-state index contributed by atoms with van der Waals surface area (Å²) in [6, 6.07) is 23.9. The van der Waals surface area contributed by atoms with Gasteiger partial charge in [-0.1, -0.05) is 66.4 Å². The molecule has 0 unspecified atom stereocenters. The van der Waals surface area contributed by atoms with Crippen LogP contribution in [0.1, 0.15) is 11.1 Å². The lowest BCUT2D eigenvalue weighted by atomic mass is 10.1. The molecule has 0 aliphatic carbocycles. The summed E-state index contributed by atoms with van der Waals surface area (Å²) in [4.78, 5) is 14.7. The van der Waals surface area contributed by atoms with Gasteiger partial charge in [0.25, 0.3) is 0 Å². The minimum absolute atomic E-state index is 0.0288. The van der Waals surface area contributed by atoms with E-state index < -0.39 is 0 Å². The van der Waals surface area contributed by atoms with E-state index in [0.717, 1.165) is 28.2 Å². The minimum Gasteiger partial charge on any atom is -0.493 e. The van der Waals surface area contributed by atoms with Crippen LogP contribution in [-0.4, -0.2) is 59.1 Å². The Hall–Kier alpha value is -3.78. The van der Waals surface area contributed by atoms with Gasteiger partial charge >= 0.3 is 0 Å². The van der Waals surface area contributed by atoms with Gasteiger partial charge in [0.1, 0.15) is 0 Å².